The molecule has 0 saturated carbocycles. The Balaban J connectivity index is 2.03. The maximum absolute atomic E-state index is 12.1. The highest BCUT2D eigenvalue weighted by Crippen LogP contribution is 2.59. The van der Waals surface area contributed by atoms with Gasteiger partial charge in [0.2, 0.25) is 0 Å². The van der Waals surface area contributed by atoms with Gasteiger partial charge in [0.25, 0.3) is 0 Å². The van der Waals surface area contributed by atoms with Crippen LogP contribution in [-0.4, -0.2) is 42.0 Å². The van der Waals surface area contributed by atoms with E-state index in [9.17, 15) is 9.90 Å². The van der Waals surface area contributed by atoms with Gasteiger partial charge in [-0.2, -0.15) is 0 Å². The number of ether oxygens (including phenoxy) is 1. The zero-order valence-electron chi connectivity index (χ0n) is 13.9. The number of phenolic OH excluding ortho intramolecular Hbond substituents is 1. The Kier molecular flexibility index (Phi) is 2.95. The predicted molar refractivity (Wildman–Crippen MR) is 87.9 cm³/mol. The van der Waals surface area contributed by atoms with Crippen LogP contribution in [0.4, 0.5) is 0 Å². The van der Waals surface area contributed by atoms with Crippen molar-refractivity contribution in [3.63, 3.8) is 0 Å². The summed E-state index contributed by atoms with van der Waals surface area (Å²) in [6.07, 6.45) is 6.10. The summed E-state index contributed by atoms with van der Waals surface area (Å²) in [6, 6.07) is 3.93. The van der Waals surface area contributed by atoms with E-state index in [0.717, 1.165) is 24.9 Å². The van der Waals surface area contributed by atoms with Crippen molar-refractivity contribution in [3.8, 4) is 11.5 Å². The Morgan fingerprint density at radius 2 is 2.17 bits per heavy atom. The minimum atomic E-state index is -0.263. The van der Waals surface area contributed by atoms with Crippen molar-refractivity contribution < 1.29 is 14.6 Å². The number of hydrogen-bond acceptors (Lipinski definition) is 4. The lowest BCUT2D eigenvalue weighted by Crippen LogP contribution is -2.66. The summed E-state index contributed by atoms with van der Waals surface area (Å²) in [7, 11) is 3.74. The Morgan fingerprint density at radius 3 is 2.91 bits per heavy atom. The number of likely N-dealkylation sites (N-methyl/N-ethyl adjacent to an activating group) is 1. The molecule has 1 aromatic carbocycles. The van der Waals surface area contributed by atoms with E-state index in [1.807, 2.05) is 6.07 Å². The van der Waals surface area contributed by atoms with E-state index in [1.165, 1.54) is 5.56 Å². The van der Waals surface area contributed by atoms with Gasteiger partial charge < -0.3 is 14.7 Å². The zero-order valence-corrected chi connectivity index (χ0v) is 13.9. The third-order valence-electron chi connectivity index (χ3n) is 6.54. The molecule has 2 bridgehead atoms. The molecule has 4 rings (SSSR count). The Bertz CT molecular complexity index is 726. The normalized spacial score (nSPS) is 35.6. The van der Waals surface area contributed by atoms with Crippen LogP contribution < -0.4 is 4.74 Å². The molecule has 1 heterocycles. The monoisotopic (exact) mass is 313 g/mol. The van der Waals surface area contributed by atoms with Gasteiger partial charge in [-0.25, -0.2) is 0 Å². The van der Waals surface area contributed by atoms with Gasteiger partial charge >= 0.3 is 0 Å². The SMILES string of the molecule is COc1ccc2c(c1O)C13C=CC(=O)CC1C(C)(C2)N(C)CC3. The number of likely N-dealkylation sites (tertiary alicyclic amines) is 1. The third-order valence-corrected chi connectivity index (χ3v) is 6.54. The Morgan fingerprint density at radius 1 is 1.39 bits per heavy atom. The number of hydrogen-bond donors (Lipinski definition) is 1. The number of benzene rings is 1. The van der Waals surface area contributed by atoms with Crippen molar-refractivity contribution in [2.75, 3.05) is 20.7 Å². The molecule has 3 atom stereocenters. The molecular weight excluding hydrogens is 290 g/mol. The average Bonchev–Trinajstić information content (AvgIpc) is 2.52. The van der Waals surface area contributed by atoms with E-state index in [4.69, 9.17) is 4.74 Å². The molecule has 3 unspecified atom stereocenters. The molecule has 3 aliphatic rings. The number of rotatable bonds is 1. The van der Waals surface area contributed by atoms with Gasteiger partial charge in [-0.1, -0.05) is 12.1 Å². The van der Waals surface area contributed by atoms with Gasteiger partial charge in [0.05, 0.1) is 7.11 Å². The average molecular weight is 313 g/mol. The van der Waals surface area contributed by atoms with Gasteiger partial charge in [-0.15, -0.1) is 0 Å². The second-order valence-corrected chi connectivity index (χ2v) is 7.45. The molecule has 0 spiro atoms. The summed E-state index contributed by atoms with van der Waals surface area (Å²) < 4.78 is 5.34. The summed E-state index contributed by atoms with van der Waals surface area (Å²) in [5, 5.41) is 10.8. The smallest absolute Gasteiger partial charge is 0.162 e. The predicted octanol–water partition coefficient (Wildman–Crippen LogP) is 2.43. The number of ketones is 1. The van der Waals surface area contributed by atoms with Gasteiger partial charge in [-0.05, 0) is 57.0 Å². The van der Waals surface area contributed by atoms with Crippen LogP contribution in [0.5, 0.6) is 11.5 Å². The Labute approximate surface area is 136 Å². The molecule has 4 heteroatoms. The first-order valence-electron chi connectivity index (χ1n) is 8.25. The lowest BCUT2D eigenvalue weighted by Gasteiger charge is -2.61. The first kappa shape index (κ1) is 14.8. The van der Waals surface area contributed by atoms with E-state index in [1.54, 1.807) is 13.2 Å². The summed E-state index contributed by atoms with van der Waals surface area (Å²) >= 11 is 0. The summed E-state index contributed by atoms with van der Waals surface area (Å²) in [5.41, 5.74) is 1.83. The zero-order chi connectivity index (χ0) is 16.4. The highest BCUT2D eigenvalue weighted by molar-refractivity contribution is 5.92. The fraction of sp³-hybridized carbons (Fsp3) is 0.526. The molecule has 1 N–H and O–H groups in total. The van der Waals surface area contributed by atoms with Crippen LogP contribution in [0.15, 0.2) is 24.3 Å². The van der Waals surface area contributed by atoms with Crippen LogP contribution in [0.2, 0.25) is 0 Å². The molecule has 0 radical (unpaired) electrons. The number of fused-ring (bicyclic) bond motifs is 1. The molecule has 1 aliphatic heterocycles. The van der Waals surface area contributed by atoms with Crippen LogP contribution in [0.25, 0.3) is 0 Å². The molecule has 1 fully saturated rings. The van der Waals surface area contributed by atoms with Crippen LogP contribution in [0, 0.1) is 5.92 Å². The number of phenols is 1. The van der Waals surface area contributed by atoms with E-state index in [2.05, 4.69) is 31.0 Å². The van der Waals surface area contributed by atoms with Gasteiger partial charge in [-0.3, -0.25) is 4.79 Å². The van der Waals surface area contributed by atoms with Crippen LogP contribution in [-0.2, 0) is 16.6 Å². The van der Waals surface area contributed by atoms with Crippen LogP contribution in [0.1, 0.15) is 30.9 Å². The fourth-order valence-electron chi connectivity index (χ4n) is 5.19. The second kappa shape index (κ2) is 4.60. The minimum Gasteiger partial charge on any atom is -0.504 e. The second-order valence-electron chi connectivity index (χ2n) is 7.45. The van der Waals surface area contributed by atoms with Gasteiger partial charge in [0, 0.05) is 22.9 Å². The van der Waals surface area contributed by atoms with Gasteiger partial charge in [0.15, 0.2) is 17.3 Å². The van der Waals surface area contributed by atoms with E-state index in [-0.39, 0.29) is 28.4 Å². The molecule has 1 saturated heterocycles. The number of allylic oxidation sites excluding steroid dienone is 2. The quantitative estimate of drug-likeness (QED) is 0.865. The van der Waals surface area contributed by atoms with E-state index >= 15 is 0 Å². The number of piperidine rings is 1. The topological polar surface area (TPSA) is 49.8 Å². The first-order valence-corrected chi connectivity index (χ1v) is 8.25. The number of carbonyl (C=O) groups is 1. The highest BCUT2D eigenvalue weighted by atomic mass is 16.5. The number of carbonyl (C=O) groups excluding carboxylic acids is 1. The summed E-state index contributed by atoms with van der Waals surface area (Å²) in [5.74, 6) is 1.15. The van der Waals surface area contributed by atoms with E-state index < -0.39 is 0 Å². The first-order chi connectivity index (χ1) is 10.9. The van der Waals surface area contributed by atoms with Crippen LogP contribution >= 0.6 is 0 Å². The third kappa shape index (κ3) is 1.73. The number of methoxy groups -OCH3 is 1. The van der Waals surface area contributed by atoms with Crippen molar-refractivity contribution in [1.29, 1.82) is 0 Å². The summed E-state index contributed by atoms with van der Waals surface area (Å²) in [4.78, 5) is 14.5. The van der Waals surface area contributed by atoms with Crippen molar-refractivity contribution in [2.45, 2.75) is 37.1 Å². The maximum atomic E-state index is 12.1. The van der Waals surface area contributed by atoms with Crippen molar-refractivity contribution in [2.24, 2.45) is 5.92 Å². The minimum absolute atomic E-state index is 0.0628. The molecule has 2 aliphatic carbocycles. The molecular formula is C19H23NO3. The molecule has 23 heavy (non-hydrogen) atoms. The van der Waals surface area contributed by atoms with Crippen LogP contribution in [0.3, 0.4) is 0 Å². The lowest BCUT2D eigenvalue weighted by molar-refractivity contribution is -0.121. The highest BCUT2D eigenvalue weighted by Gasteiger charge is 2.59. The summed E-state index contributed by atoms with van der Waals surface area (Å²) in [6.45, 7) is 3.23. The van der Waals surface area contributed by atoms with E-state index in [0.29, 0.717) is 12.2 Å². The fourth-order valence-corrected chi connectivity index (χ4v) is 5.19. The number of nitrogens with zero attached hydrogens (tertiary/aromatic N) is 1. The molecule has 122 valence electrons. The van der Waals surface area contributed by atoms with Crippen molar-refractivity contribution in [1.82, 2.24) is 4.90 Å². The largest absolute Gasteiger partial charge is 0.504 e. The lowest BCUT2D eigenvalue weighted by atomic mass is 9.50. The van der Waals surface area contributed by atoms with Crippen molar-refractivity contribution in [3.05, 3.63) is 35.4 Å². The molecule has 0 amide bonds. The van der Waals surface area contributed by atoms with Crippen molar-refractivity contribution >= 4 is 5.78 Å². The molecule has 0 aromatic heterocycles. The number of aromatic hydroxyl groups is 1. The maximum Gasteiger partial charge on any atom is 0.162 e. The molecule has 4 nitrogen and oxygen atoms in total. The molecule has 1 aromatic rings. The standard InChI is InChI=1S/C19H23NO3/c1-18-11-12-4-5-14(23-3)17(22)16(12)19(8-9-20(18)2)7-6-13(21)10-15(18)19/h4-7,15,22H,8-11H2,1-3H3. The Hall–Kier alpha value is -1.81. The van der Waals surface area contributed by atoms with Gasteiger partial charge in [0.1, 0.15) is 0 Å².